The highest BCUT2D eigenvalue weighted by molar-refractivity contribution is 5.62. The summed E-state index contributed by atoms with van der Waals surface area (Å²) >= 11 is 0. The Morgan fingerprint density at radius 3 is 2.88 bits per heavy atom. The molecule has 138 valence electrons. The maximum absolute atomic E-state index is 6.61. The van der Waals surface area contributed by atoms with Gasteiger partial charge in [0.05, 0.1) is 7.11 Å². The van der Waals surface area contributed by atoms with Crippen molar-refractivity contribution in [3.63, 3.8) is 0 Å². The second kappa shape index (κ2) is 5.26. The first-order valence-corrected chi connectivity index (χ1v) is 10.1. The second-order valence-electron chi connectivity index (χ2n) is 8.78. The highest BCUT2D eigenvalue weighted by Gasteiger charge is 2.64. The zero-order valence-corrected chi connectivity index (χ0v) is 15.6. The summed E-state index contributed by atoms with van der Waals surface area (Å²) in [6.07, 6.45) is 9.92. The zero-order chi connectivity index (χ0) is 17.5. The maximum atomic E-state index is 6.61. The molecule has 5 atom stereocenters. The van der Waals surface area contributed by atoms with Crippen LogP contribution in [0.1, 0.15) is 30.4 Å². The predicted molar refractivity (Wildman–Crippen MR) is 98.9 cm³/mol. The van der Waals surface area contributed by atoms with Gasteiger partial charge in [0.2, 0.25) is 0 Å². The van der Waals surface area contributed by atoms with E-state index in [1.807, 2.05) is 0 Å². The Hall–Kier alpha value is -1.52. The topological polar surface area (TPSA) is 30.9 Å². The molecule has 2 bridgehead atoms. The Balaban J connectivity index is 1.53. The van der Waals surface area contributed by atoms with Crippen molar-refractivity contribution in [1.82, 2.24) is 4.90 Å². The summed E-state index contributed by atoms with van der Waals surface area (Å²) in [5, 5.41) is 0. The summed E-state index contributed by atoms with van der Waals surface area (Å²) in [4.78, 5) is 2.78. The minimum Gasteiger partial charge on any atom is -0.493 e. The summed E-state index contributed by atoms with van der Waals surface area (Å²) in [7, 11) is 3.55. The summed E-state index contributed by atoms with van der Waals surface area (Å²) in [6.45, 7) is 2.46. The number of nitrogens with zero attached hydrogens (tertiary/aromatic N) is 1. The Labute approximate surface area is 155 Å². The van der Waals surface area contributed by atoms with Crippen LogP contribution in [-0.2, 0) is 16.6 Å². The molecule has 2 heterocycles. The summed E-state index contributed by atoms with van der Waals surface area (Å²) in [5.41, 5.74) is 2.95. The molecule has 0 amide bonds. The van der Waals surface area contributed by atoms with E-state index in [2.05, 4.69) is 29.2 Å². The fraction of sp³-hybridized carbons (Fsp3) is 0.636. The number of methoxy groups -OCH3 is 2. The Bertz CT molecular complexity index is 786. The van der Waals surface area contributed by atoms with E-state index < -0.39 is 0 Å². The standard InChI is InChI=1S/C22H27NO3/c1-24-17-7-5-14-11-16-15-6-8-18(25-2)21-22(15,19(14)20(17)26-21)9-10-23(16)12-13-3-4-13/h5-8,13,15-16,18,21H,3-4,9-12H2,1-2H3/t15?,16?,18?,21-,22?/m0/s1. The van der Waals surface area contributed by atoms with Crippen LogP contribution in [-0.4, -0.2) is 50.5 Å². The number of piperidine rings is 1. The van der Waals surface area contributed by atoms with Crippen molar-refractivity contribution in [3.05, 3.63) is 35.4 Å². The van der Waals surface area contributed by atoms with Crippen LogP contribution in [0.25, 0.3) is 0 Å². The fourth-order valence-corrected chi connectivity index (χ4v) is 6.32. The lowest BCUT2D eigenvalue weighted by Gasteiger charge is -2.57. The quantitative estimate of drug-likeness (QED) is 0.779. The van der Waals surface area contributed by atoms with E-state index in [4.69, 9.17) is 14.2 Å². The van der Waals surface area contributed by atoms with Crippen molar-refractivity contribution in [2.24, 2.45) is 11.8 Å². The number of benzene rings is 1. The molecule has 2 aliphatic heterocycles. The molecule has 4 unspecified atom stereocenters. The molecule has 1 aromatic carbocycles. The van der Waals surface area contributed by atoms with E-state index in [1.165, 1.54) is 37.1 Å². The molecule has 0 radical (unpaired) electrons. The van der Waals surface area contributed by atoms with Crippen molar-refractivity contribution in [2.75, 3.05) is 27.3 Å². The van der Waals surface area contributed by atoms with Gasteiger partial charge >= 0.3 is 0 Å². The predicted octanol–water partition coefficient (Wildman–Crippen LogP) is 2.94. The summed E-state index contributed by atoms with van der Waals surface area (Å²) in [5.74, 6) is 3.32. The molecule has 1 saturated heterocycles. The van der Waals surface area contributed by atoms with Crippen molar-refractivity contribution in [3.8, 4) is 11.5 Å². The fourth-order valence-electron chi connectivity index (χ4n) is 6.32. The van der Waals surface area contributed by atoms with E-state index in [9.17, 15) is 0 Å². The van der Waals surface area contributed by atoms with Crippen molar-refractivity contribution < 1.29 is 14.2 Å². The van der Waals surface area contributed by atoms with Crippen LogP contribution < -0.4 is 9.47 Å². The summed E-state index contributed by atoms with van der Waals surface area (Å²) in [6, 6.07) is 4.98. The lowest BCUT2D eigenvalue weighted by atomic mass is 9.53. The molecule has 6 rings (SSSR count). The number of likely N-dealkylation sites (tertiary alicyclic amines) is 1. The molecule has 4 heteroatoms. The van der Waals surface area contributed by atoms with Crippen molar-refractivity contribution in [1.29, 1.82) is 0 Å². The van der Waals surface area contributed by atoms with Gasteiger partial charge in [-0.2, -0.15) is 0 Å². The van der Waals surface area contributed by atoms with Gasteiger partial charge in [0, 0.05) is 36.6 Å². The van der Waals surface area contributed by atoms with E-state index in [-0.39, 0.29) is 17.6 Å². The molecule has 26 heavy (non-hydrogen) atoms. The average molecular weight is 353 g/mol. The molecule has 4 nitrogen and oxygen atoms in total. The van der Waals surface area contributed by atoms with Crippen LogP contribution in [0.5, 0.6) is 11.5 Å². The molecular weight excluding hydrogens is 326 g/mol. The van der Waals surface area contributed by atoms with Gasteiger partial charge in [0.15, 0.2) is 11.5 Å². The normalized spacial score (nSPS) is 39.5. The van der Waals surface area contributed by atoms with Gasteiger partial charge < -0.3 is 14.2 Å². The first-order chi connectivity index (χ1) is 12.8. The second-order valence-corrected chi connectivity index (χ2v) is 8.78. The number of hydrogen-bond donors (Lipinski definition) is 0. The monoisotopic (exact) mass is 353 g/mol. The lowest BCUT2D eigenvalue weighted by Crippen LogP contribution is -2.65. The highest BCUT2D eigenvalue weighted by atomic mass is 16.6. The first kappa shape index (κ1) is 15.5. The smallest absolute Gasteiger partial charge is 0.165 e. The molecule has 2 fully saturated rings. The van der Waals surface area contributed by atoms with Gasteiger partial charge in [-0.3, -0.25) is 4.90 Å². The third-order valence-electron chi connectivity index (χ3n) is 7.63. The third kappa shape index (κ3) is 1.82. The largest absolute Gasteiger partial charge is 0.493 e. The molecule has 1 spiro atoms. The van der Waals surface area contributed by atoms with Gasteiger partial charge in [-0.05, 0) is 49.8 Å². The average Bonchev–Trinajstić information content (AvgIpc) is 3.41. The molecule has 1 aromatic rings. The van der Waals surface area contributed by atoms with Gasteiger partial charge in [-0.15, -0.1) is 0 Å². The molecule has 0 N–H and O–H groups in total. The van der Waals surface area contributed by atoms with E-state index in [1.54, 1.807) is 14.2 Å². The third-order valence-corrected chi connectivity index (χ3v) is 7.63. The van der Waals surface area contributed by atoms with E-state index in [0.29, 0.717) is 12.0 Å². The number of rotatable bonds is 4. The molecule has 1 saturated carbocycles. The van der Waals surface area contributed by atoms with E-state index >= 15 is 0 Å². The van der Waals surface area contributed by atoms with Gasteiger partial charge in [-0.1, -0.05) is 18.2 Å². The molecule has 3 aliphatic carbocycles. The zero-order valence-electron chi connectivity index (χ0n) is 15.6. The molecule has 5 aliphatic rings. The minimum absolute atomic E-state index is 0.0185. The SMILES string of the molecule is COc1ccc2c3c1O[C@H]1C(OC)C=CC4C(C2)N(CC2CC2)CCC341. The van der Waals surface area contributed by atoms with Crippen molar-refractivity contribution in [2.45, 2.75) is 49.3 Å². The van der Waals surface area contributed by atoms with Gasteiger partial charge in [0.25, 0.3) is 0 Å². The summed E-state index contributed by atoms with van der Waals surface area (Å²) < 4.78 is 18.1. The maximum Gasteiger partial charge on any atom is 0.165 e. The molecular formula is C22H27NO3. The van der Waals surface area contributed by atoms with Crippen LogP contribution in [0.3, 0.4) is 0 Å². The lowest BCUT2D eigenvalue weighted by molar-refractivity contribution is -0.0640. The number of hydrogen-bond acceptors (Lipinski definition) is 4. The van der Waals surface area contributed by atoms with E-state index in [0.717, 1.165) is 30.3 Å². The Kier molecular flexibility index (Phi) is 3.14. The van der Waals surface area contributed by atoms with Crippen molar-refractivity contribution >= 4 is 0 Å². The Morgan fingerprint density at radius 1 is 1.23 bits per heavy atom. The van der Waals surface area contributed by atoms with Crippen LogP contribution >= 0.6 is 0 Å². The minimum atomic E-state index is 0.0185. The Morgan fingerprint density at radius 2 is 2.12 bits per heavy atom. The van der Waals surface area contributed by atoms with Gasteiger partial charge in [0.1, 0.15) is 12.2 Å². The van der Waals surface area contributed by atoms with Crippen LogP contribution in [0.2, 0.25) is 0 Å². The number of ether oxygens (including phenoxy) is 3. The highest BCUT2D eigenvalue weighted by Crippen LogP contribution is 2.63. The van der Waals surface area contributed by atoms with Crippen LogP contribution in [0.15, 0.2) is 24.3 Å². The van der Waals surface area contributed by atoms with Crippen LogP contribution in [0.4, 0.5) is 0 Å². The van der Waals surface area contributed by atoms with Gasteiger partial charge in [-0.25, -0.2) is 0 Å². The first-order valence-electron chi connectivity index (χ1n) is 10.1. The van der Waals surface area contributed by atoms with Crippen LogP contribution in [0, 0.1) is 11.8 Å². The molecule has 0 aromatic heterocycles.